The molecular formula is C18H21F3N2O5. The molecule has 2 aliphatic rings. The lowest BCUT2D eigenvalue weighted by molar-refractivity contribution is -0.274. The maximum absolute atomic E-state index is 12.8. The number of rotatable bonds is 3. The van der Waals surface area contributed by atoms with Crippen molar-refractivity contribution >= 4 is 12.0 Å². The fourth-order valence-electron chi connectivity index (χ4n) is 3.60. The Morgan fingerprint density at radius 2 is 1.86 bits per heavy atom. The Labute approximate surface area is 159 Å². The van der Waals surface area contributed by atoms with Crippen molar-refractivity contribution in [1.29, 1.82) is 0 Å². The SMILES string of the molecule is O=C(O)C1CC(c2cccc(OC(F)(F)F)c2)CN(C(=O)N2CCOCC2)C1. The number of morpholine rings is 1. The highest BCUT2D eigenvalue weighted by Gasteiger charge is 2.37. The second-order valence-electron chi connectivity index (χ2n) is 6.88. The number of benzene rings is 1. The van der Waals surface area contributed by atoms with E-state index in [1.54, 1.807) is 11.0 Å². The molecule has 1 N–H and O–H groups in total. The molecule has 154 valence electrons. The number of ether oxygens (including phenoxy) is 2. The Kier molecular flexibility index (Phi) is 5.97. The first-order valence-corrected chi connectivity index (χ1v) is 8.93. The van der Waals surface area contributed by atoms with Gasteiger partial charge in [0.2, 0.25) is 0 Å². The summed E-state index contributed by atoms with van der Waals surface area (Å²) in [6.45, 7) is 1.99. The Morgan fingerprint density at radius 3 is 2.50 bits per heavy atom. The quantitative estimate of drug-likeness (QED) is 0.841. The topological polar surface area (TPSA) is 79.3 Å². The van der Waals surface area contributed by atoms with Crippen LogP contribution in [-0.4, -0.2) is 72.7 Å². The van der Waals surface area contributed by atoms with E-state index < -0.39 is 24.2 Å². The van der Waals surface area contributed by atoms with Gasteiger partial charge >= 0.3 is 18.4 Å². The zero-order valence-electron chi connectivity index (χ0n) is 15.0. The molecule has 2 amide bonds. The van der Waals surface area contributed by atoms with E-state index >= 15 is 0 Å². The minimum absolute atomic E-state index is 0.0702. The lowest BCUT2D eigenvalue weighted by Crippen LogP contribution is -2.53. The third kappa shape index (κ3) is 5.06. The molecule has 7 nitrogen and oxygen atoms in total. The number of nitrogens with zero attached hydrogens (tertiary/aromatic N) is 2. The van der Waals surface area contributed by atoms with Gasteiger partial charge < -0.3 is 24.4 Å². The molecule has 1 aromatic rings. The lowest BCUT2D eigenvalue weighted by atomic mass is 9.84. The highest BCUT2D eigenvalue weighted by atomic mass is 19.4. The minimum Gasteiger partial charge on any atom is -0.481 e. The third-order valence-corrected chi connectivity index (χ3v) is 4.92. The van der Waals surface area contributed by atoms with Gasteiger partial charge in [-0.25, -0.2) is 4.79 Å². The molecule has 0 saturated carbocycles. The number of carbonyl (C=O) groups excluding carboxylic acids is 1. The summed E-state index contributed by atoms with van der Waals surface area (Å²) in [5, 5.41) is 9.48. The van der Waals surface area contributed by atoms with E-state index in [0.29, 0.717) is 31.9 Å². The monoisotopic (exact) mass is 402 g/mol. The predicted octanol–water partition coefficient (Wildman–Crippen LogP) is 2.53. The Balaban J connectivity index is 1.79. The van der Waals surface area contributed by atoms with E-state index in [4.69, 9.17) is 4.74 Å². The van der Waals surface area contributed by atoms with Gasteiger partial charge in [0.1, 0.15) is 5.75 Å². The summed E-state index contributed by atoms with van der Waals surface area (Å²) in [7, 11) is 0. The molecule has 0 aromatic heterocycles. The number of urea groups is 1. The van der Waals surface area contributed by atoms with Crippen LogP contribution in [-0.2, 0) is 9.53 Å². The first-order chi connectivity index (χ1) is 13.2. The van der Waals surface area contributed by atoms with Crippen LogP contribution in [0.4, 0.5) is 18.0 Å². The predicted molar refractivity (Wildman–Crippen MR) is 91.0 cm³/mol. The Morgan fingerprint density at radius 1 is 1.14 bits per heavy atom. The minimum atomic E-state index is -4.81. The number of aliphatic carboxylic acids is 1. The summed E-state index contributed by atoms with van der Waals surface area (Å²) >= 11 is 0. The van der Waals surface area contributed by atoms with Gasteiger partial charge in [-0.15, -0.1) is 13.2 Å². The van der Waals surface area contributed by atoms with Crippen molar-refractivity contribution in [3.05, 3.63) is 29.8 Å². The number of piperidine rings is 1. The van der Waals surface area contributed by atoms with Gasteiger partial charge in [-0.05, 0) is 24.1 Å². The van der Waals surface area contributed by atoms with Gasteiger partial charge in [0.05, 0.1) is 19.1 Å². The van der Waals surface area contributed by atoms with Crippen LogP contribution in [0.25, 0.3) is 0 Å². The van der Waals surface area contributed by atoms with E-state index in [0.717, 1.165) is 0 Å². The number of carboxylic acid groups (broad SMARTS) is 1. The molecule has 3 rings (SSSR count). The second kappa shape index (κ2) is 8.26. The first-order valence-electron chi connectivity index (χ1n) is 8.93. The van der Waals surface area contributed by atoms with Crippen LogP contribution in [0.1, 0.15) is 17.9 Å². The van der Waals surface area contributed by atoms with Gasteiger partial charge in [-0.1, -0.05) is 12.1 Å². The molecule has 2 aliphatic heterocycles. The van der Waals surface area contributed by atoms with Crippen molar-refractivity contribution in [2.24, 2.45) is 5.92 Å². The van der Waals surface area contributed by atoms with Crippen molar-refractivity contribution < 1.29 is 37.3 Å². The lowest BCUT2D eigenvalue weighted by Gasteiger charge is -2.40. The number of amides is 2. The number of carboxylic acids is 1. The van der Waals surface area contributed by atoms with Crippen molar-refractivity contribution in [3.8, 4) is 5.75 Å². The summed E-state index contributed by atoms with van der Waals surface area (Å²) in [6.07, 6.45) is -4.58. The standard InChI is InChI=1S/C18H21F3N2O5/c19-18(20,21)28-15-3-1-2-12(9-15)13-8-14(16(24)25)11-23(10-13)17(26)22-4-6-27-7-5-22/h1-3,9,13-14H,4-8,10-11H2,(H,24,25). The maximum atomic E-state index is 12.8. The molecule has 0 spiro atoms. The van der Waals surface area contributed by atoms with E-state index in [2.05, 4.69) is 4.74 Å². The molecule has 2 heterocycles. The van der Waals surface area contributed by atoms with Gasteiger partial charge in [0, 0.05) is 32.1 Å². The van der Waals surface area contributed by atoms with Crippen LogP contribution < -0.4 is 4.74 Å². The Bertz CT molecular complexity index is 721. The summed E-state index contributed by atoms with van der Waals surface area (Å²) in [5.74, 6) is -2.60. The molecular weight excluding hydrogens is 381 g/mol. The van der Waals surface area contributed by atoms with Crippen LogP contribution in [0.2, 0.25) is 0 Å². The fraction of sp³-hybridized carbons (Fsp3) is 0.556. The average molecular weight is 402 g/mol. The number of carbonyl (C=O) groups is 2. The van der Waals surface area contributed by atoms with E-state index in [9.17, 15) is 27.9 Å². The van der Waals surface area contributed by atoms with Gasteiger partial charge in [0.15, 0.2) is 0 Å². The number of hydrogen-bond donors (Lipinski definition) is 1. The van der Waals surface area contributed by atoms with E-state index in [1.807, 2.05) is 0 Å². The maximum Gasteiger partial charge on any atom is 0.573 e. The summed E-state index contributed by atoms with van der Waals surface area (Å²) in [4.78, 5) is 27.4. The van der Waals surface area contributed by atoms with Crippen LogP contribution >= 0.6 is 0 Å². The van der Waals surface area contributed by atoms with Gasteiger partial charge in [-0.3, -0.25) is 4.79 Å². The van der Waals surface area contributed by atoms with Crippen molar-refractivity contribution in [2.45, 2.75) is 18.7 Å². The zero-order valence-corrected chi connectivity index (χ0v) is 15.0. The molecule has 2 saturated heterocycles. The molecule has 2 fully saturated rings. The van der Waals surface area contributed by atoms with Crippen LogP contribution in [0.5, 0.6) is 5.75 Å². The largest absolute Gasteiger partial charge is 0.573 e. The van der Waals surface area contributed by atoms with E-state index in [1.165, 1.54) is 23.1 Å². The summed E-state index contributed by atoms with van der Waals surface area (Å²) < 4.78 is 46.7. The summed E-state index contributed by atoms with van der Waals surface area (Å²) in [5.41, 5.74) is 0.507. The number of hydrogen-bond acceptors (Lipinski definition) is 4. The van der Waals surface area contributed by atoms with Crippen LogP contribution in [0.3, 0.4) is 0 Å². The number of alkyl halides is 3. The molecule has 0 radical (unpaired) electrons. The zero-order chi connectivity index (χ0) is 20.3. The number of likely N-dealkylation sites (tertiary alicyclic amines) is 1. The molecule has 28 heavy (non-hydrogen) atoms. The van der Waals surface area contributed by atoms with Gasteiger partial charge in [0.25, 0.3) is 0 Å². The van der Waals surface area contributed by atoms with Crippen molar-refractivity contribution in [3.63, 3.8) is 0 Å². The molecule has 0 aliphatic carbocycles. The smallest absolute Gasteiger partial charge is 0.481 e. The van der Waals surface area contributed by atoms with E-state index in [-0.39, 0.29) is 31.3 Å². The fourth-order valence-corrected chi connectivity index (χ4v) is 3.60. The van der Waals surface area contributed by atoms with Crippen molar-refractivity contribution in [1.82, 2.24) is 9.80 Å². The third-order valence-electron chi connectivity index (χ3n) is 4.92. The average Bonchev–Trinajstić information content (AvgIpc) is 2.66. The normalized spacial score (nSPS) is 23.4. The molecule has 2 atom stereocenters. The second-order valence-corrected chi connectivity index (χ2v) is 6.88. The molecule has 1 aromatic carbocycles. The Hall–Kier alpha value is -2.49. The highest BCUT2D eigenvalue weighted by molar-refractivity contribution is 5.77. The first kappa shape index (κ1) is 20.2. The molecule has 10 heteroatoms. The molecule has 2 unspecified atom stereocenters. The molecule has 0 bridgehead atoms. The highest BCUT2D eigenvalue weighted by Crippen LogP contribution is 2.33. The van der Waals surface area contributed by atoms with Crippen LogP contribution in [0, 0.1) is 5.92 Å². The number of halogens is 3. The summed E-state index contributed by atoms with van der Waals surface area (Å²) in [6, 6.07) is 5.21. The van der Waals surface area contributed by atoms with Gasteiger partial charge in [-0.2, -0.15) is 0 Å². The van der Waals surface area contributed by atoms with Crippen molar-refractivity contribution in [2.75, 3.05) is 39.4 Å². The van der Waals surface area contributed by atoms with Crippen LogP contribution in [0.15, 0.2) is 24.3 Å².